The second-order valence-corrected chi connectivity index (χ2v) is 5.94. The van der Waals surface area contributed by atoms with Gasteiger partial charge in [-0.15, -0.1) is 0 Å². The number of hydrogen-bond acceptors (Lipinski definition) is 8. The van der Waals surface area contributed by atoms with Gasteiger partial charge in [0.05, 0.1) is 12.6 Å². The highest BCUT2D eigenvalue weighted by Crippen LogP contribution is 1.97. The van der Waals surface area contributed by atoms with E-state index < -0.39 is 54.3 Å². The maximum Gasteiger partial charge on any atom is 0.326 e. The molecular formula is C13H23N5O6S2. The van der Waals surface area contributed by atoms with Crippen molar-refractivity contribution in [2.24, 2.45) is 11.5 Å². The molecule has 0 radical (unpaired) electrons. The van der Waals surface area contributed by atoms with E-state index >= 15 is 0 Å². The smallest absolute Gasteiger partial charge is 0.326 e. The maximum atomic E-state index is 12.0. The van der Waals surface area contributed by atoms with Gasteiger partial charge in [0.15, 0.2) is 0 Å². The summed E-state index contributed by atoms with van der Waals surface area (Å²) in [7, 11) is 0. The van der Waals surface area contributed by atoms with E-state index in [2.05, 4.69) is 41.2 Å². The molecule has 148 valence electrons. The van der Waals surface area contributed by atoms with Crippen molar-refractivity contribution in [1.82, 2.24) is 16.0 Å². The molecule has 26 heavy (non-hydrogen) atoms. The second-order valence-electron chi connectivity index (χ2n) is 5.21. The molecule has 0 aromatic carbocycles. The number of thiol groups is 2. The lowest BCUT2D eigenvalue weighted by atomic mass is 10.1. The van der Waals surface area contributed by atoms with E-state index in [0.29, 0.717) is 0 Å². The molecule has 0 spiro atoms. The minimum absolute atomic E-state index is 0.0468. The molecule has 0 fully saturated rings. The first-order valence-corrected chi connectivity index (χ1v) is 8.74. The van der Waals surface area contributed by atoms with Crippen molar-refractivity contribution in [3.8, 4) is 0 Å². The third-order valence-corrected chi connectivity index (χ3v) is 3.84. The zero-order valence-electron chi connectivity index (χ0n) is 13.8. The van der Waals surface area contributed by atoms with Crippen LogP contribution in [0.5, 0.6) is 0 Å². The average molecular weight is 409 g/mol. The zero-order chi connectivity index (χ0) is 20.3. The Morgan fingerprint density at radius 3 is 2.04 bits per heavy atom. The van der Waals surface area contributed by atoms with Crippen molar-refractivity contribution in [3.05, 3.63) is 0 Å². The molecule has 13 heteroatoms. The fourth-order valence-electron chi connectivity index (χ4n) is 1.64. The van der Waals surface area contributed by atoms with Crippen LogP contribution in [0.1, 0.15) is 12.8 Å². The minimum Gasteiger partial charge on any atom is -0.480 e. The molecule has 0 heterocycles. The number of hydrogen-bond donors (Lipinski definition) is 8. The van der Waals surface area contributed by atoms with Crippen molar-refractivity contribution in [3.63, 3.8) is 0 Å². The molecule has 0 aliphatic rings. The first-order chi connectivity index (χ1) is 12.1. The molecule has 3 unspecified atom stereocenters. The molecule has 3 atom stereocenters. The molecule has 8 N–H and O–H groups in total. The summed E-state index contributed by atoms with van der Waals surface area (Å²) in [5, 5.41) is 15.7. The fourth-order valence-corrected chi connectivity index (χ4v) is 2.06. The van der Waals surface area contributed by atoms with Gasteiger partial charge < -0.3 is 32.5 Å². The second kappa shape index (κ2) is 12.4. The van der Waals surface area contributed by atoms with Crippen LogP contribution in [0, 0.1) is 0 Å². The number of aliphatic carboxylic acids is 1. The van der Waals surface area contributed by atoms with Gasteiger partial charge in [0.1, 0.15) is 12.1 Å². The SMILES string of the molecule is NC(=O)CCC(NC(=O)CNC(=O)C(CS)NC(=O)C(N)CS)C(=O)O. The van der Waals surface area contributed by atoms with E-state index in [1.165, 1.54) is 0 Å². The van der Waals surface area contributed by atoms with Gasteiger partial charge in [-0.3, -0.25) is 19.2 Å². The van der Waals surface area contributed by atoms with Gasteiger partial charge in [0.2, 0.25) is 23.6 Å². The Kier molecular flexibility index (Phi) is 11.4. The van der Waals surface area contributed by atoms with E-state index in [0.717, 1.165) is 0 Å². The van der Waals surface area contributed by atoms with Gasteiger partial charge in [0, 0.05) is 17.9 Å². The Balaban J connectivity index is 4.52. The lowest BCUT2D eigenvalue weighted by molar-refractivity contribution is -0.142. The Hall–Kier alpha value is -1.99. The van der Waals surface area contributed by atoms with Gasteiger partial charge in [-0.25, -0.2) is 4.79 Å². The zero-order valence-corrected chi connectivity index (χ0v) is 15.6. The Bertz CT molecular complexity index is 547. The van der Waals surface area contributed by atoms with Gasteiger partial charge >= 0.3 is 5.97 Å². The summed E-state index contributed by atoms with van der Waals surface area (Å²) < 4.78 is 0. The first-order valence-electron chi connectivity index (χ1n) is 7.48. The number of carbonyl (C=O) groups excluding carboxylic acids is 4. The largest absolute Gasteiger partial charge is 0.480 e. The monoisotopic (exact) mass is 409 g/mol. The van der Waals surface area contributed by atoms with Crippen molar-refractivity contribution < 1.29 is 29.1 Å². The van der Waals surface area contributed by atoms with Crippen LogP contribution >= 0.6 is 25.3 Å². The quantitative estimate of drug-likeness (QED) is 0.154. The molecule has 0 saturated carbocycles. The number of primary amides is 1. The third-order valence-electron chi connectivity index (χ3n) is 3.08. The number of amides is 4. The summed E-state index contributed by atoms with van der Waals surface area (Å²) in [6.07, 6.45) is -0.399. The molecule has 4 amide bonds. The van der Waals surface area contributed by atoms with Crippen LogP contribution in [0.3, 0.4) is 0 Å². The number of nitrogens with two attached hydrogens (primary N) is 2. The predicted molar refractivity (Wildman–Crippen MR) is 98.6 cm³/mol. The van der Waals surface area contributed by atoms with Crippen LogP contribution in [0.15, 0.2) is 0 Å². The highest BCUT2D eigenvalue weighted by molar-refractivity contribution is 7.80. The Labute approximate surface area is 160 Å². The molecular weight excluding hydrogens is 386 g/mol. The standard InChI is InChI=1S/C13H23N5O6S2/c14-6(4-25)11(21)18-8(5-26)12(22)16-3-10(20)17-7(13(23)24)1-2-9(15)19/h6-8,25-26H,1-5,14H2,(H2,15,19)(H,16,22)(H,17,20)(H,18,21)(H,23,24). The van der Waals surface area contributed by atoms with Gasteiger partial charge in [-0.2, -0.15) is 25.3 Å². The van der Waals surface area contributed by atoms with Crippen LogP contribution < -0.4 is 27.4 Å². The summed E-state index contributed by atoms with van der Waals surface area (Å²) in [6, 6.07) is -3.26. The van der Waals surface area contributed by atoms with Gasteiger partial charge in [-0.05, 0) is 6.42 Å². The normalized spacial score (nSPS) is 13.8. The number of nitrogens with one attached hydrogen (secondary N) is 3. The number of carbonyl (C=O) groups is 5. The Morgan fingerprint density at radius 2 is 1.58 bits per heavy atom. The summed E-state index contributed by atoms with van der Waals surface area (Å²) in [6.45, 7) is -0.530. The maximum absolute atomic E-state index is 12.0. The first kappa shape index (κ1) is 24.0. The van der Waals surface area contributed by atoms with Gasteiger partial charge in [0.25, 0.3) is 0 Å². The molecule has 0 aliphatic heterocycles. The molecule has 0 aromatic rings. The summed E-state index contributed by atoms with van der Waals surface area (Å²) in [5.74, 6) is -4.09. The average Bonchev–Trinajstić information content (AvgIpc) is 2.59. The van der Waals surface area contributed by atoms with E-state index in [1.54, 1.807) is 0 Å². The van der Waals surface area contributed by atoms with Crippen LogP contribution in [0.25, 0.3) is 0 Å². The highest BCUT2D eigenvalue weighted by atomic mass is 32.1. The number of rotatable bonds is 12. The highest BCUT2D eigenvalue weighted by Gasteiger charge is 2.24. The topological polar surface area (TPSA) is 194 Å². The predicted octanol–water partition coefficient (Wildman–Crippen LogP) is -3.39. The van der Waals surface area contributed by atoms with Crippen molar-refractivity contribution in [1.29, 1.82) is 0 Å². The van der Waals surface area contributed by atoms with E-state index in [4.69, 9.17) is 16.6 Å². The molecule has 11 nitrogen and oxygen atoms in total. The Morgan fingerprint density at radius 1 is 0.962 bits per heavy atom. The van der Waals surface area contributed by atoms with E-state index in [1.807, 2.05) is 0 Å². The molecule has 0 aromatic heterocycles. The van der Waals surface area contributed by atoms with Crippen LogP contribution in [-0.4, -0.2) is 70.9 Å². The molecule has 0 aliphatic carbocycles. The fraction of sp³-hybridized carbons (Fsp3) is 0.615. The molecule has 0 bridgehead atoms. The van der Waals surface area contributed by atoms with Crippen molar-refractivity contribution in [2.45, 2.75) is 31.0 Å². The summed E-state index contributed by atoms with van der Waals surface area (Å²) in [4.78, 5) is 57.1. The van der Waals surface area contributed by atoms with E-state index in [-0.39, 0.29) is 24.3 Å². The van der Waals surface area contributed by atoms with Crippen LogP contribution in [-0.2, 0) is 24.0 Å². The van der Waals surface area contributed by atoms with Crippen molar-refractivity contribution in [2.75, 3.05) is 18.1 Å². The lowest BCUT2D eigenvalue weighted by Crippen LogP contribution is -2.54. The third kappa shape index (κ3) is 9.48. The lowest BCUT2D eigenvalue weighted by Gasteiger charge is -2.19. The van der Waals surface area contributed by atoms with Crippen LogP contribution in [0.2, 0.25) is 0 Å². The minimum atomic E-state index is -1.34. The van der Waals surface area contributed by atoms with Crippen LogP contribution in [0.4, 0.5) is 0 Å². The summed E-state index contributed by atoms with van der Waals surface area (Å²) >= 11 is 7.81. The van der Waals surface area contributed by atoms with E-state index in [9.17, 15) is 24.0 Å². The van der Waals surface area contributed by atoms with Gasteiger partial charge in [-0.1, -0.05) is 0 Å². The number of carboxylic acids is 1. The number of carboxylic acid groups (broad SMARTS) is 1. The summed E-state index contributed by atoms with van der Waals surface area (Å²) in [5.41, 5.74) is 10.4. The van der Waals surface area contributed by atoms with Crippen molar-refractivity contribution >= 4 is 54.9 Å². The molecule has 0 rings (SSSR count). The molecule has 0 saturated heterocycles.